The van der Waals surface area contributed by atoms with Crippen LogP contribution in [-0.2, 0) is 0 Å². The smallest absolute Gasteiger partial charge is 0.258 e. The fourth-order valence-electron chi connectivity index (χ4n) is 2.79. The molecular formula is C16H22N4O4. The number of benzene rings is 1. The van der Waals surface area contributed by atoms with Crippen molar-refractivity contribution >= 4 is 0 Å². The summed E-state index contributed by atoms with van der Waals surface area (Å²) in [6, 6.07) is 3.68. The van der Waals surface area contributed by atoms with Crippen LogP contribution in [0.15, 0.2) is 16.7 Å². The van der Waals surface area contributed by atoms with E-state index < -0.39 is 0 Å². The van der Waals surface area contributed by atoms with Crippen LogP contribution in [0.5, 0.6) is 17.2 Å². The summed E-state index contributed by atoms with van der Waals surface area (Å²) < 4.78 is 21.5. The van der Waals surface area contributed by atoms with Crippen LogP contribution in [0, 0.1) is 0 Å². The minimum Gasteiger partial charge on any atom is -0.493 e. The van der Waals surface area contributed by atoms with Crippen LogP contribution < -0.4 is 19.5 Å². The van der Waals surface area contributed by atoms with Crippen LogP contribution in [0.3, 0.4) is 0 Å². The third kappa shape index (κ3) is 3.02. The highest BCUT2D eigenvalue weighted by Crippen LogP contribution is 2.41. The molecule has 24 heavy (non-hydrogen) atoms. The van der Waals surface area contributed by atoms with Crippen molar-refractivity contribution in [2.75, 3.05) is 48.0 Å². The Morgan fingerprint density at radius 3 is 2.46 bits per heavy atom. The summed E-state index contributed by atoms with van der Waals surface area (Å²) in [4.78, 5) is 6.76. The first kappa shape index (κ1) is 16.5. The molecule has 130 valence electrons. The lowest BCUT2D eigenvalue weighted by molar-refractivity contribution is 0.190. The number of methoxy groups -OCH3 is 3. The summed E-state index contributed by atoms with van der Waals surface area (Å²) in [5.74, 6) is 2.70. The molecule has 2 heterocycles. The summed E-state index contributed by atoms with van der Waals surface area (Å²) in [6.45, 7) is 2.70. The van der Waals surface area contributed by atoms with E-state index in [9.17, 15) is 0 Å². The van der Waals surface area contributed by atoms with Gasteiger partial charge in [0.1, 0.15) is 0 Å². The first-order chi connectivity index (χ1) is 11.7. The van der Waals surface area contributed by atoms with E-state index in [2.05, 4.69) is 27.4 Å². The van der Waals surface area contributed by atoms with Crippen molar-refractivity contribution in [1.82, 2.24) is 20.4 Å². The summed E-state index contributed by atoms with van der Waals surface area (Å²) in [5, 5.41) is 7.48. The zero-order chi connectivity index (χ0) is 17.1. The van der Waals surface area contributed by atoms with Gasteiger partial charge in [-0.25, -0.2) is 0 Å². The normalized spacial score (nSPS) is 18.4. The van der Waals surface area contributed by atoms with Crippen molar-refractivity contribution in [3.8, 4) is 28.7 Å². The topological polar surface area (TPSA) is 81.9 Å². The molecule has 3 rings (SSSR count). The van der Waals surface area contributed by atoms with E-state index in [0.717, 1.165) is 25.2 Å². The van der Waals surface area contributed by atoms with Gasteiger partial charge >= 0.3 is 0 Å². The Bertz CT molecular complexity index is 678. The molecule has 1 fully saturated rings. The predicted octanol–water partition coefficient (Wildman–Crippen LogP) is 1.34. The molecule has 8 nitrogen and oxygen atoms in total. The highest BCUT2D eigenvalue weighted by molar-refractivity contribution is 5.65. The van der Waals surface area contributed by atoms with E-state index >= 15 is 0 Å². The molecule has 1 aromatic carbocycles. The van der Waals surface area contributed by atoms with Crippen LogP contribution in [0.25, 0.3) is 11.5 Å². The number of likely N-dealkylation sites (N-methyl/N-ethyl adjacent to an activating group) is 1. The third-order valence-corrected chi connectivity index (χ3v) is 4.16. The minimum absolute atomic E-state index is 0.0956. The van der Waals surface area contributed by atoms with Gasteiger partial charge in [0.05, 0.1) is 27.4 Å². The van der Waals surface area contributed by atoms with Crippen molar-refractivity contribution in [2.24, 2.45) is 0 Å². The second-order valence-electron chi connectivity index (χ2n) is 5.57. The Morgan fingerprint density at radius 2 is 1.88 bits per heavy atom. The second-order valence-corrected chi connectivity index (χ2v) is 5.57. The molecule has 1 aliphatic rings. The number of piperazine rings is 1. The van der Waals surface area contributed by atoms with Gasteiger partial charge in [0, 0.05) is 25.2 Å². The molecule has 0 bridgehead atoms. The summed E-state index contributed by atoms with van der Waals surface area (Å²) in [7, 11) is 6.77. The summed E-state index contributed by atoms with van der Waals surface area (Å²) in [5.41, 5.74) is 0.717. The minimum atomic E-state index is 0.0956. The first-order valence-electron chi connectivity index (χ1n) is 7.73. The molecule has 1 aromatic heterocycles. The maximum Gasteiger partial charge on any atom is 0.258 e. The van der Waals surface area contributed by atoms with Crippen molar-refractivity contribution in [3.63, 3.8) is 0 Å². The summed E-state index contributed by atoms with van der Waals surface area (Å²) in [6.07, 6.45) is 0. The summed E-state index contributed by atoms with van der Waals surface area (Å²) >= 11 is 0. The van der Waals surface area contributed by atoms with E-state index in [4.69, 9.17) is 18.7 Å². The third-order valence-electron chi connectivity index (χ3n) is 4.16. The quantitative estimate of drug-likeness (QED) is 0.877. The molecule has 8 heteroatoms. The van der Waals surface area contributed by atoms with Crippen molar-refractivity contribution in [1.29, 1.82) is 0 Å². The Labute approximate surface area is 140 Å². The second kappa shape index (κ2) is 7.06. The van der Waals surface area contributed by atoms with Gasteiger partial charge in [0.2, 0.25) is 5.75 Å². The molecule has 0 spiro atoms. The molecule has 1 saturated heterocycles. The number of hydrogen-bond donors (Lipinski definition) is 1. The zero-order valence-corrected chi connectivity index (χ0v) is 14.3. The number of nitrogens with one attached hydrogen (secondary N) is 1. The Balaban J connectivity index is 1.95. The van der Waals surface area contributed by atoms with E-state index in [0.29, 0.717) is 29.0 Å². The van der Waals surface area contributed by atoms with Gasteiger partial charge in [-0.05, 0) is 19.2 Å². The van der Waals surface area contributed by atoms with E-state index in [1.807, 2.05) is 0 Å². The average Bonchev–Trinajstić information content (AvgIpc) is 3.10. The van der Waals surface area contributed by atoms with Crippen molar-refractivity contribution in [2.45, 2.75) is 6.04 Å². The molecule has 2 aromatic rings. The van der Waals surface area contributed by atoms with Crippen LogP contribution >= 0.6 is 0 Å². The maximum absolute atomic E-state index is 5.46. The van der Waals surface area contributed by atoms with E-state index in [1.54, 1.807) is 33.5 Å². The number of aromatic nitrogens is 2. The van der Waals surface area contributed by atoms with E-state index in [1.165, 1.54) is 0 Å². The fourth-order valence-corrected chi connectivity index (χ4v) is 2.79. The fraction of sp³-hybridized carbons (Fsp3) is 0.500. The molecule has 0 radical (unpaired) electrons. The molecule has 1 aliphatic heterocycles. The lowest BCUT2D eigenvalue weighted by Gasteiger charge is -2.30. The maximum atomic E-state index is 5.46. The highest BCUT2D eigenvalue weighted by Gasteiger charge is 2.26. The van der Waals surface area contributed by atoms with Gasteiger partial charge in [-0.3, -0.25) is 4.90 Å². The largest absolute Gasteiger partial charge is 0.493 e. The highest BCUT2D eigenvalue weighted by atomic mass is 16.5. The molecule has 0 amide bonds. The lowest BCUT2D eigenvalue weighted by Crippen LogP contribution is -2.44. The van der Waals surface area contributed by atoms with Crippen LogP contribution in [0.1, 0.15) is 11.9 Å². The van der Waals surface area contributed by atoms with E-state index in [-0.39, 0.29) is 6.04 Å². The van der Waals surface area contributed by atoms with Gasteiger partial charge < -0.3 is 24.1 Å². The molecule has 1 atom stereocenters. The number of nitrogens with zero attached hydrogens (tertiary/aromatic N) is 3. The number of hydrogen-bond acceptors (Lipinski definition) is 8. The van der Waals surface area contributed by atoms with Gasteiger partial charge in [-0.15, -0.1) is 0 Å². The lowest BCUT2D eigenvalue weighted by atomic mass is 10.1. The van der Waals surface area contributed by atoms with Crippen LogP contribution in [0.2, 0.25) is 0 Å². The SMILES string of the molecule is COc1cc(-c2nc(C3CNCCN3C)no2)cc(OC)c1OC. The van der Waals surface area contributed by atoms with Crippen LogP contribution in [-0.4, -0.2) is 63.1 Å². The van der Waals surface area contributed by atoms with Gasteiger partial charge in [-0.2, -0.15) is 4.98 Å². The number of rotatable bonds is 5. The Hall–Kier alpha value is -2.32. The first-order valence-corrected chi connectivity index (χ1v) is 7.73. The Morgan fingerprint density at radius 1 is 1.17 bits per heavy atom. The van der Waals surface area contributed by atoms with Crippen molar-refractivity contribution < 1.29 is 18.7 Å². The van der Waals surface area contributed by atoms with Gasteiger partial charge in [0.25, 0.3) is 5.89 Å². The molecule has 1 unspecified atom stereocenters. The number of ether oxygens (including phenoxy) is 3. The monoisotopic (exact) mass is 334 g/mol. The Kier molecular flexibility index (Phi) is 4.86. The molecule has 1 N–H and O–H groups in total. The molecule has 0 aliphatic carbocycles. The van der Waals surface area contributed by atoms with Crippen LogP contribution in [0.4, 0.5) is 0 Å². The average molecular weight is 334 g/mol. The zero-order valence-electron chi connectivity index (χ0n) is 14.3. The molecule has 0 saturated carbocycles. The molecular weight excluding hydrogens is 312 g/mol. The predicted molar refractivity (Wildman–Crippen MR) is 87.6 cm³/mol. The van der Waals surface area contributed by atoms with Gasteiger partial charge in [-0.1, -0.05) is 5.16 Å². The standard InChI is InChI=1S/C16H22N4O4/c1-20-6-5-17-9-11(20)15-18-16(24-19-15)10-7-12(21-2)14(23-4)13(8-10)22-3/h7-8,11,17H,5-6,9H2,1-4H3. The van der Waals surface area contributed by atoms with Gasteiger partial charge in [0.15, 0.2) is 17.3 Å². The van der Waals surface area contributed by atoms with Crippen molar-refractivity contribution in [3.05, 3.63) is 18.0 Å².